The Morgan fingerprint density at radius 3 is 2.83 bits per heavy atom. The number of methoxy groups -OCH3 is 1. The van der Waals surface area contributed by atoms with E-state index in [1.165, 1.54) is 19.3 Å². The molecule has 3 rings (SSSR count). The van der Waals surface area contributed by atoms with Crippen molar-refractivity contribution in [2.24, 2.45) is 4.99 Å². The number of aryl methyl sites for hydroxylation is 2. The third-order valence-corrected chi connectivity index (χ3v) is 5.58. The van der Waals surface area contributed by atoms with E-state index in [1.807, 2.05) is 18.2 Å². The highest BCUT2D eigenvalue weighted by Gasteiger charge is 2.14. The Morgan fingerprint density at radius 2 is 2.03 bits per heavy atom. The van der Waals surface area contributed by atoms with Crippen molar-refractivity contribution in [2.45, 2.75) is 51.5 Å². The Kier molecular flexibility index (Phi) is 8.16. The highest BCUT2D eigenvalue weighted by molar-refractivity contribution is 6.31. The number of rotatable bonds is 8. The van der Waals surface area contributed by atoms with Gasteiger partial charge in [-0.25, -0.2) is 0 Å². The number of nitrogens with zero attached hydrogens (tertiary/aromatic N) is 4. The minimum Gasteiger partial charge on any atom is -0.497 e. The highest BCUT2D eigenvalue weighted by Crippen LogP contribution is 2.22. The first-order valence-electron chi connectivity index (χ1n) is 10.4. The van der Waals surface area contributed by atoms with Gasteiger partial charge in [0.1, 0.15) is 17.4 Å². The zero-order chi connectivity index (χ0) is 20.5. The molecule has 1 aromatic carbocycles. The summed E-state index contributed by atoms with van der Waals surface area (Å²) in [5, 5.41) is 16.2. The lowest BCUT2D eigenvalue weighted by Gasteiger charge is -2.13. The van der Waals surface area contributed by atoms with E-state index in [0.29, 0.717) is 0 Å². The summed E-state index contributed by atoms with van der Waals surface area (Å²) in [7, 11) is 3.43. The molecule has 158 valence electrons. The molecule has 0 radical (unpaired) electrons. The predicted octanol–water partition coefficient (Wildman–Crippen LogP) is 3.01. The number of guanidine groups is 1. The summed E-state index contributed by atoms with van der Waals surface area (Å²) in [4.78, 5) is 4.29. The number of ether oxygens (including phenoxy) is 1. The van der Waals surface area contributed by atoms with Crippen LogP contribution in [-0.2, 0) is 25.8 Å². The summed E-state index contributed by atoms with van der Waals surface area (Å²) in [5.74, 6) is 3.84. The number of halogens is 1. The van der Waals surface area contributed by atoms with Gasteiger partial charge in [-0.15, -0.1) is 10.2 Å². The number of hydrogen-bond donors (Lipinski definition) is 2. The molecule has 2 heterocycles. The minimum atomic E-state index is 0.724. The van der Waals surface area contributed by atoms with E-state index in [4.69, 9.17) is 16.3 Å². The average molecular weight is 419 g/mol. The van der Waals surface area contributed by atoms with Crippen molar-refractivity contribution in [1.29, 1.82) is 0 Å². The quantitative estimate of drug-likeness (QED) is 0.391. The molecule has 2 N–H and O–H groups in total. The predicted molar refractivity (Wildman–Crippen MR) is 117 cm³/mol. The van der Waals surface area contributed by atoms with Crippen LogP contribution < -0.4 is 15.4 Å². The Labute approximate surface area is 177 Å². The lowest BCUT2D eigenvalue weighted by atomic mass is 10.1. The number of aliphatic imine (C=N–C) groups is 1. The molecule has 0 atom stereocenters. The first kappa shape index (κ1) is 21.4. The third kappa shape index (κ3) is 6.10. The topological polar surface area (TPSA) is 76.4 Å². The van der Waals surface area contributed by atoms with E-state index >= 15 is 0 Å². The monoisotopic (exact) mass is 418 g/mol. The molecule has 0 aliphatic carbocycles. The number of hydrogen-bond acceptors (Lipinski definition) is 4. The van der Waals surface area contributed by atoms with Crippen LogP contribution in [0.1, 0.15) is 42.9 Å². The molecule has 0 spiro atoms. The second-order valence-corrected chi connectivity index (χ2v) is 7.64. The van der Waals surface area contributed by atoms with Crippen LogP contribution in [0.2, 0.25) is 5.02 Å². The first-order valence-corrected chi connectivity index (χ1v) is 10.8. The van der Waals surface area contributed by atoms with Gasteiger partial charge in [-0.05, 0) is 43.4 Å². The van der Waals surface area contributed by atoms with Crippen LogP contribution in [0.25, 0.3) is 0 Å². The average Bonchev–Trinajstić information content (AvgIpc) is 2.96. The third-order valence-electron chi connectivity index (χ3n) is 5.23. The SMILES string of the molecule is CN=C(NCCCc1nnc2n1CCCCC2)NCCc1ccc(OC)cc1Cl. The van der Waals surface area contributed by atoms with Crippen LogP contribution in [0.4, 0.5) is 0 Å². The molecule has 0 fully saturated rings. The molecule has 0 bridgehead atoms. The van der Waals surface area contributed by atoms with Crippen molar-refractivity contribution in [3.05, 3.63) is 40.4 Å². The summed E-state index contributed by atoms with van der Waals surface area (Å²) < 4.78 is 7.51. The summed E-state index contributed by atoms with van der Waals surface area (Å²) in [6, 6.07) is 5.77. The van der Waals surface area contributed by atoms with Crippen molar-refractivity contribution in [3.8, 4) is 5.75 Å². The van der Waals surface area contributed by atoms with Crippen LogP contribution >= 0.6 is 11.6 Å². The van der Waals surface area contributed by atoms with Crippen molar-refractivity contribution in [1.82, 2.24) is 25.4 Å². The van der Waals surface area contributed by atoms with Crippen molar-refractivity contribution in [3.63, 3.8) is 0 Å². The standard InChI is InChI=1S/C21H31ClN6O/c1-23-21(25-13-11-16-9-10-17(29-2)15-18(16)22)24-12-6-8-20-27-26-19-7-4-3-5-14-28(19)20/h9-10,15H,3-8,11-14H2,1-2H3,(H2,23,24,25). The summed E-state index contributed by atoms with van der Waals surface area (Å²) >= 11 is 6.30. The Bertz CT molecular complexity index is 819. The molecule has 0 saturated carbocycles. The molecule has 1 aliphatic heterocycles. The maximum absolute atomic E-state index is 6.30. The molecule has 8 heteroatoms. The maximum atomic E-state index is 6.30. The van der Waals surface area contributed by atoms with Gasteiger partial charge < -0.3 is 19.9 Å². The zero-order valence-electron chi connectivity index (χ0n) is 17.4. The molecule has 29 heavy (non-hydrogen) atoms. The summed E-state index contributed by atoms with van der Waals surface area (Å²) in [5.41, 5.74) is 1.09. The van der Waals surface area contributed by atoms with Gasteiger partial charge in [0.05, 0.1) is 7.11 Å². The second-order valence-electron chi connectivity index (χ2n) is 7.23. The van der Waals surface area contributed by atoms with Crippen molar-refractivity contribution in [2.75, 3.05) is 27.2 Å². The Hall–Kier alpha value is -2.28. The summed E-state index contributed by atoms with van der Waals surface area (Å²) in [6.07, 6.45) is 7.53. The van der Waals surface area contributed by atoms with Crippen LogP contribution in [-0.4, -0.2) is 48.0 Å². The van der Waals surface area contributed by atoms with E-state index < -0.39 is 0 Å². The molecule has 1 aromatic heterocycles. The maximum Gasteiger partial charge on any atom is 0.190 e. The molecule has 1 aliphatic rings. The Morgan fingerprint density at radius 1 is 1.17 bits per heavy atom. The van der Waals surface area contributed by atoms with Gasteiger partial charge in [0.25, 0.3) is 0 Å². The van der Waals surface area contributed by atoms with Crippen LogP contribution in [0.3, 0.4) is 0 Å². The number of nitrogens with one attached hydrogen (secondary N) is 2. The molecular weight excluding hydrogens is 388 g/mol. The number of aromatic nitrogens is 3. The van der Waals surface area contributed by atoms with Crippen molar-refractivity contribution >= 4 is 17.6 Å². The molecule has 0 unspecified atom stereocenters. The normalized spacial score (nSPS) is 14.2. The van der Waals surface area contributed by atoms with E-state index in [0.717, 1.165) is 79.3 Å². The van der Waals surface area contributed by atoms with E-state index in [9.17, 15) is 0 Å². The van der Waals surface area contributed by atoms with E-state index in [2.05, 4.69) is 30.4 Å². The van der Waals surface area contributed by atoms with Crippen molar-refractivity contribution < 1.29 is 4.74 Å². The van der Waals surface area contributed by atoms with Gasteiger partial charge in [0.15, 0.2) is 5.96 Å². The number of fused-ring (bicyclic) bond motifs is 1. The molecule has 0 saturated heterocycles. The fraction of sp³-hybridized carbons (Fsp3) is 0.571. The fourth-order valence-electron chi connectivity index (χ4n) is 3.58. The van der Waals surface area contributed by atoms with E-state index in [1.54, 1.807) is 14.2 Å². The van der Waals surface area contributed by atoms with Crippen LogP contribution in [0.15, 0.2) is 23.2 Å². The number of benzene rings is 1. The smallest absolute Gasteiger partial charge is 0.190 e. The van der Waals surface area contributed by atoms with Gasteiger partial charge >= 0.3 is 0 Å². The fourth-order valence-corrected chi connectivity index (χ4v) is 3.84. The molecule has 0 amide bonds. The van der Waals surface area contributed by atoms with Crippen LogP contribution in [0.5, 0.6) is 5.75 Å². The van der Waals surface area contributed by atoms with Gasteiger partial charge in [-0.1, -0.05) is 24.1 Å². The van der Waals surface area contributed by atoms with Gasteiger partial charge in [0.2, 0.25) is 0 Å². The molecular formula is C21H31ClN6O. The second kappa shape index (κ2) is 11.0. The van der Waals surface area contributed by atoms with Gasteiger partial charge in [0, 0.05) is 44.5 Å². The van der Waals surface area contributed by atoms with Gasteiger partial charge in [-0.2, -0.15) is 0 Å². The van der Waals surface area contributed by atoms with Crippen LogP contribution in [0, 0.1) is 0 Å². The largest absolute Gasteiger partial charge is 0.497 e. The zero-order valence-corrected chi connectivity index (χ0v) is 18.1. The molecule has 2 aromatic rings. The van der Waals surface area contributed by atoms with E-state index in [-0.39, 0.29) is 0 Å². The Balaban J connectivity index is 1.38. The first-order chi connectivity index (χ1) is 14.2. The lowest BCUT2D eigenvalue weighted by molar-refractivity contribution is 0.414. The minimum absolute atomic E-state index is 0.724. The lowest BCUT2D eigenvalue weighted by Crippen LogP contribution is -2.38. The van der Waals surface area contributed by atoms with Gasteiger partial charge in [-0.3, -0.25) is 4.99 Å². The summed E-state index contributed by atoms with van der Waals surface area (Å²) in [6.45, 7) is 2.65. The highest BCUT2D eigenvalue weighted by atomic mass is 35.5. The molecule has 7 nitrogen and oxygen atoms in total.